The third kappa shape index (κ3) is 4.37. The largest absolute Gasteiger partial charge is 0.369 e. The molecule has 1 saturated carbocycles. The molecule has 3 rings (SSSR count). The summed E-state index contributed by atoms with van der Waals surface area (Å²) < 4.78 is 13.1. The fourth-order valence-corrected chi connectivity index (χ4v) is 4.27. The van der Waals surface area contributed by atoms with E-state index in [0.29, 0.717) is 17.9 Å². The summed E-state index contributed by atoms with van der Waals surface area (Å²) in [6.07, 6.45) is 3.58. The minimum Gasteiger partial charge on any atom is -0.369 e. The lowest BCUT2D eigenvalue weighted by Gasteiger charge is -2.40. The van der Waals surface area contributed by atoms with Gasteiger partial charge in [-0.05, 0) is 49.4 Å². The van der Waals surface area contributed by atoms with Crippen molar-refractivity contribution in [2.24, 2.45) is 11.8 Å². The lowest BCUT2D eigenvalue weighted by atomic mass is 9.78. The Labute approximate surface area is 156 Å². The van der Waals surface area contributed by atoms with Gasteiger partial charge in [0.05, 0.1) is 6.04 Å². The molecule has 1 aromatic rings. The van der Waals surface area contributed by atoms with Crippen LogP contribution in [0, 0.1) is 17.7 Å². The van der Waals surface area contributed by atoms with Gasteiger partial charge in [-0.15, -0.1) is 0 Å². The minimum absolute atomic E-state index is 0.102. The van der Waals surface area contributed by atoms with E-state index in [1.165, 1.54) is 25.0 Å². The number of hydrogen-bond acceptors (Lipinski definition) is 3. The first kappa shape index (κ1) is 19.2. The number of nitrogens with zero attached hydrogens (tertiary/aromatic N) is 2. The first-order valence-corrected chi connectivity index (χ1v) is 10.0. The van der Waals surface area contributed by atoms with Crippen molar-refractivity contribution in [2.45, 2.75) is 52.1 Å². The number of amides is 1. The van der Waals surface area contributed by atoms with Crippen molar-refractivity contribution in [1.29, 1.82) is 0 Å². The summed E-state index contributed by atoms with van der Waals surface area (Å²) in [6.45, 7) is 9.99. The summed E-state index contributed by atoms with van der Waals surface area (Å²) in [5, 5.41) is 3.31. The number of piperazine rings is 1. The van der Waals surface area contributed by atoms with Gasteiger partial charge in [0.15, 0.2) is 0 Å². The van der Waals surface area contributed by atoms with Crippen molar-refractivity contribution < 1.29 is 9.18 Å². The molecule has 4 nitrogen and oxygen atoms in total. The highest BCUT2D eigenvalue weighted by Crippen LogP contribution is 2.29. The number of rotatable bonds is 4. The lowest BCUT2D eigenvalue weighted by molar-refractivity contribution is -0.127. The standard InChI is InChI=1S/C21H32FN3O/c1-15-5-4-6-20(16(15)2)23-21(26)17(3)24-11-13-25(14-12-24)19-9-7-18(22)8-10-19/h7-10,15-17,20H,4-6,11-14H2,1-3H3,(H,23,26)/t15-,16+,17+,20+/m0/s1. The van der Waals surface area contributed by atoms with Crippen molar-refractivity contribution in [1.82, 2.24) is 10.2 Å². The number of carbonyl (C=O) groups is 1. The first-order valence-electron chi connectivity index (χ1n) is 10.0. The molecule has 1 aromatic carbocycles. The maximum atomic E-state index is 13.1. The number of anilines is 1. The SMILES string of the molecule is C[C@@H]1[C@@H](C)CCC[C@H]1NC(=O)[C@@H](C)N1CCN(c2ccc(F)cc2)CC1. The number of benzene rings is 1. The normalized spacial score (nSPS) is 28.6. The van der Waals surface area contributed by atoms with Crippen LogP contribution in [-0.2, 0) is 4.79 Å². The van der Waals surface area contributed by atoms with Crippen molar-refractivity contribution in [2.75, 3.05) is 31.1 Å². The van der Waals surface area contributed by atoms with E-state index in [1.807, 2.05) is 19.1 Å². The molecule has 0 aromatic heterocycles. The number of nitrogens with one attached hydrogen (secondary N) is 1. The zero-order valence-electron chi connectivity index (χ0n) is 16.2. The van der Waals surface area contributed by atoms with Crippen LogP contribution in [0.2, 0.25) is 0 Å². The monoisotopic (exact) mass is 361 g/mol. The zero-order valence-corrected chi connectivity index (χ0v) is 16.2. The Kier molecular flexibility index (Phi) is 6.17. The highest BCUT2D eigenvalue weighted by molar-refractivity contribution is 5.81. The van der Waals surface area contributed by atoms with Gasteiger partial charge in [-0.1, -0.05) is 26.7 Å². The number of halogens is 1. The zero-order chi connectivity index (χ0) is 18.7. The molecule has 0 radical (unpaired) electrons. The summed E-state index contributed by atoms with van der Waals surface area (Å²) in [5.41, 5.74) is 1.05. The molecule has 1 amide bonds. The average molecular weight is 362 g/mol. The second kappa shape index (κ2) is 8.38. The van der Waals surface area contributed by atoms with Gasteiger partial charge in [-0.2, -0.15) is 0 Å². The van der Waals surface area contributed by atoms with Crippen molar-refractivity contribution in [3.8, 4) is 0 Å². The molecule has 26 heavy (non-hydrogen) atoms. The van der Waals surface area contributed by atoms with Gasteiger partial charge in [0.25, 0.3) is 0 Å². The Hall–Kier alpha value is -1.62. The number of carbonyl (C=O) groups excluding carboxylic acids is 1. The van der Waals surface area contributed by atoms with Gasteiger partial charge < -0.3 is 10.2 Å². The van der Waals surface area contributed by atoms with E-state index < -0.39 is 0 Å². The van der Waals surface area contributed by atoms with Crippen LogP contribution >= 0.6 is 0 Å². The molecule has 0 bridgehead atoms. The fourth-order valence-electron chi connectivity index (χ4n) is 4.27. The predicted molar refractivity (Wildman–Crippen MR) is 104 cm³/mol. The Morgan fingerprint density at radius 3 is 2.42 bits per heavy atom. The van der Waals surface area contributed by atoms with Crippen LogP contribution < -0.4 is 10.2 Å². The molecule has 1 saturated heterocycles. The van der Waals surface area contributed by atoms with E-state index in [2.05, 4.69) is 29.0 Å². The molecule has 0 spiro atoms. The number of hydrogen-bond donors (Lipinski definition) is 1. The molecule has 144 valence electrons. The van der Waals surface area contributed by atoms with E-state index in [0.717, 1.165) is 38.3 Å². The summed E-state index contributed by atoms with van der Waals surface area (Å²) in [5.74, 6) is 1.19. The van der Waals surface area contributed by atoms with Crippen LogP contribution in [0.4, 0.5) is 10.1 Å². The fraction of sp³-hybridized carbons (Fsp3) is 0.667. The molecule has 1 N–H and O–H groups in total. The van der Waals surface area contributed by atoms with Crippen molar-refractivity contribution in [3.63, 3.8) is 0 Å². The Balaban J connectivity index is 1.50. The molecule has 1 aliphatic carbocycles. The highest BCUT2D eigenvalue weighted by Gasteiger charge is 2.31. The van der Waals surface area contributed by atoms with Crippen molar-refractivity contribution in [3.05, 3.63) is 30.1 Å². The van der Waals surface area contributed by atoms with E-state index in [9.17, 15) is 9.18 Å². The van der Waals surface area contributed by atoms with Gasteiger partial charge in [-0.3, -0.25) is 9.69 Å². The molecular formula is C21H32FN3O. The Bertz CT molecular complexity index is 598. The Morgan fingerprint density at radius 2 is 1.77 bits per heavy atom. The molecule has 0 unspecified atom stereocenters. The third-order valence-corrected chi connectivity index (χ3v) is 6.47. The smallest absolute Gasteiger partial charge is 0.237 e. The predicted octanol–water partition coefficient (Wildman–Crippen LogP) is 3.28. The first-order chi connectivity index (χ1) is 12.5. The maximum absolute atomic E-state index is 13.1. The summed E-state index contributed by atoms with van der Waals surface area (Å²) in [4.78, 5) is 17.3. The van der Waals surface area contributed by atoms with Crippen LogP contribution in [0.5, 0.6) is 0 Å². The van der Waals surface area contributed by atoms with E-state index in [1.54, 1.807) is 0 Å². The quantitative estimate of drug-likeness (QED) is 0.894. The van der Waals surface area contributed by atoms with Crippen LogP contribution in [0.15, 0.2) is 24.3 Å². The molecular weight excluding hydrogens is 329 g/mol. The van der Waals surface area contributed by atoms with Gasteiger partial charge in [0.1, 0.15) is 5.82 Å². The highest BCUT2D eigenvalue weighted by atomic mass is 19.1. The average Bonchev–Trinajstić information content (AvgIpc) is 2.65. The van der Waals surface area contributed by atoms with E-state index in [4.69, 9.17) is 0 Å². The van der Waals surface area contributed by atoms with Gasteiger partial charge in [-0.25, -0.2) is 4.39 Å². The van der Waals surface area contributed by atoms with Crippen LogP contribution in [0.3, 0.4) is 0 Å². The Morgan fingerprint density at radius 1 is 1.12 bits per heavy atom. The molecule has 2 fully saturated rings. The second-order valence-corrected chi connectivity index (χ2v) is 8.06. The summed E-state index contributed by atoms with van der Waals surface area (Å²) >= 11 is 0. The third-order valence-electron chi connectivity index (χ3n) is 6.47. The van der Waals surface area contributed by atoms with Crippen LogP contribution in [0.1, 0.15) is 40.0 Å². The summed E-state index contributed by atoms with van der Waals surface area (Å²) in [7, 11) is 0. The van der Waals surface area contributed by atoms with E-state index >= 15 is 0 Å². The van der Waals surface area contributed by atoms with Gasteiger partial charge in [0.2, 0.25) is 5.91 Å². The van der Waals surface area contributed by atoms with Crippen LogP contribution in [-0.4, -0.2) is 49.1 Å². The summed E-state index contributed by atoms with van der Waals surface area (Å²) in [6, 6.07) is 6.87. The van der Waals surface area contributed by atoms with Gasteiger partial charge >= 0.3 is 0 Å². The second-order valence-electron chi connectivity index (χ2n) is 8.06. The minimum atomic E-state index is -0.205. The van der Waals surface area contributed by atoms with Crippen molar-refractivity contribution >= 4 is 11.6 Å². The topological polar surface area (TPSA) is 35.6 Å². The molecule has 4 atom stereocenters. The van der Waals surface area contributed by atoms with Gasteiger partial charge in [0, 0.05) is 37.9 Å². The molecule has 1 aliphatic heterocycles. The molecule has 5 heteroatoms. The molecule has 2 aliphatic rings. The van der Waals surface area contributed by atoms with Crippen LogP contribution in [0.25, 0.3) is 0 Å². The maximum Gasteiger partial charge on any atom is 0.237 e. The van der Waals surface area contributed by atoms with E-state index in [-0.39, 0.29) is 17.8 Å². The lowest BCUT2D eigenvalue weighted by Crippen LogP contribution is -2.56. The molecule has 1 heterocycles.